The Kier molecular flexibility index (Phi) is 5.27. The molecule has 2 aromatic rings. The number of hydrogen-bond acceptors (Lipinski definition) is 4. The number of sulfonamides is 1. The van der Waals surface area contributed by atoms with E-state index in [4.69, 9.17) is 4.74 Å². The summed E-state index contributed by atoms with van der Waals surface area (Å²) in [4.78, 5) is 12.4. The highest BCUT2D eigenvalue weighted by atomic mass is 32.2. The Labute approximate surface area is 149 Å². The first-order valence-electron chi connectivity index (χ1n) is 8.01. The molecular weight excluding hydrogens is 340 g/mol. The monoisotopic (exact) mass is 364 g/mol. The highest BCUT2D eigenvalue weighted by Crippen LogP contribution is 2.31. The predicted molar refractivity (Wildman–Crippen MR) is 97.6 cm³/mol. The summed E-state index contributed by atoms with van der Waals surface area (Å²) < 4.78 is 34.5. The molecule has 0 aliphatic rings. The number of nitrogens with zero attached hydrogens (tertiary/aromatic N) is 2. The minimum absolute atomic E-state index is 0.00467. The van der Waals surface area contributed by atoms with Crippen LogP contribution in [0.25, 0.3) is 0 Å². The van der Waals surface area contributed by atoms with E-state index in [1.54, 1.807) is 50.6 Å². The van der Waals surface area contributed by atoms with Gasteiger partial charge in [0.1, 0.15) is 10.5 Å². The highest BCUT2D eigenvalue weighted by molar-refractivity contribution is 7.93. The average Bonchev–Trinajstić information content (AvgIpc) is 2.79. The molecule has 0 aliphatic heterocycles. The first kappa shape index (κ1) is 19.1. The molecule has 0 N–H and O–H groups in total. The zero-order chi connectivity index (χ0) is 18.9. The molecule has 6 nitrogen and oxygen atoms in total. The SMILES string of the molecule is CCOC(=O)c1c(S(=O)(=O)N(C)c2cccc(C)c2)c(C)n(C)c1C. The third-order valence-corrected chi connectivity index (χ3v) is 6.33. The van der Waals surface area contributed by atoms with Crippen LogP contribution in [-0.4, -0.2) is 32.6 Å². The van der Waals surface area contributed by atoms with E-state index in [1.807, 2.05) is 13.0 Å². The number of rotatable bonds is 5. The van der Waals surface area contributed by atoms with Crippen LogP contribution in [0.1, 0.15) is 34.2 Å². The lowest BCUT2D eigenvalue weighted by atomic mass is 10.2. The van der Waals surface area contributed by atoms with Crippen LogP contribution in [0.2, 0.25) is 0 Å². The van der Waals surface area contributed by atoms with Crippen molar-refractivity contribution in [2.75, 3.05) is 18.0 Å². The van der Waals surface area contributed by atoms with Crippen LogP contribution in [0.3, 0.4) is 0 Å². The average molecular weight is 364 g/mol. The molecule has 0 unspecified atom stereocenters. The van der Waals surface area contributed by atoms with Crippen LogP contribution in [0.15, 0.2) is 29.2 Å². The van der Waals surface area contributed by atoms with Crippen molar-refractivity contribution < 1.29 is 17.9 Å². The topological polar surface area (TPSA) is 68.6 Å². The van der Waals surface area contributed by atoms with Gasteiger partial charge in [-0.3, -0.25) is 4.31 Å². The van der Waals surface area contributed by atoms with E-state index in [2.05, 4.69) is 0 Å². The number of aromatic nitrogens is 1. The summed E-state index contributed by atoms with van der Waals surface area (Å²) in [5.41, 5.74) is 2.65. The van der Waals surface area contributed by atoms with Gasteiger partial charge in [0.05, 0.1) is 12.3 Å². The molecular formula is C18H24N2O4S. The fourth-order valence-corrected chi connectivity index (χ4v) is 4.44. The molecule has 0 atom stereocenters. The lowest BCUT2D eigenvalue weighted by molar-refractivity contribution is 0.0521. The van der Waals surface area contributed by atoms with Crippen molar-refractivity contribution in [2.45, 2.75) is 32.6 Å². The first-order chi connectivity index (χ1) is 11.6. The second-order valence-electron chi connectivity index (χ2n) is 5.97. The Morgan fingerprint density at radius 2 is 1.84 bits per heavy atom. The number of hydrogen-bond donors (Lipinski definition) is 0. The van der Waals surface area contributed by atoms with Crippen molar-refractivity contribution in [1.82, 2.24) is 4.57 Å². The summed E-state index contributed by atoms with van der Waals surface area (Å²) in [5, 5.41) is 0. The molecule has 0 radical (unpaired) electrons. The maximum absolute atomic E-state index is 13.3. The Bertz CT molecular complexity index is 913. The predicted octanol–water partition coefficient (Wildman–Crippen LogP) is 2.95. The van der Waals surface area contributed by atoms with Crippen molar-refractivity contribution in [3.8, 4) is 0 Å². The second kappa shape index (κ2) is 6.92. The second-order valence-corrected chi connectivity index (χ2v) is 7.87. The number of carbonyl (C=O) groups excluding carboxylic acids is 1. The smallest absolute Gasteiger partial charge is 0.341 e. The highest BCUT2D eigenvalue weighted by Gasteiger charge is 2.34. The van der Waals surface area contributed by atoms with Crippen LogP contribution >= 0.6 is 0 Å². The van der Waals surface area contributed by atoms with Gasteiger partial charge in [-0.15, -0.1) is 0 Å². The number of aryl methyl sites for hydroxylation is 1. The van der Waals surface area contributed by atoms with Crippen molar-refractivity contribution in [3.05, 3.63) is 46.8 Å². The molecule has 2 rings (SSSR count). The Morgan fingerprint density at radius 1 is 1.20 bits per heavy atom. The molecule has 0 amide bonds. The minimum atomic E-state index is -3.92. The quantitative estimate of drug-likeness (QED) is 0.765. The van der Waals surface area contributed by atoms with Crippen molar-refractivity contribution in [2.24, 2.45) is 7.05 Å². The third kappa shape index (κ3) is 3.28. The zero-order valence-electron chi connectivity index (χ0n) is 15.5. The zero-order valence-corrected chi connectivity index (χ0v) is 16.3. The standard InChI is InChI=1S/C18H24N2O4S/c1-7-24-18(21)16-13(3)19(5)14(4)17(16)25(22,23)20(6)15-10-8-9-12(2)11-15/h8-11H,7H2,1-6H3. The summed E-state index contributed by atoms with van der Waals surface area (Å²) in [5.74, 6) is -0.625. The van der Waals surface area contributed by atoms with Gasteiger partial charge in [-0.2, -0.15) is 0 Å². The molecule has 1 aromatic carbocycles. The fourth-order valence-electron chi connectivity index (χ4n) is 2.78. The van der Waals surface area contributed by atoms with Crippen LogP contribution in [0.5, 0.6) is 0 Å². The molecule has 0 aliphatic carbocycles. The summed E-state index contributed by atoms with van der Waals surface area (Å²) in [6.07, 6.45) is 0. The third-order valence-electron chi connectivity index (χ3n) is 4.39. The summed E-state index contributed by atoms with van der Waals surface area (Å²) in [6, 6.07) is 7.20. The molecule has 1 heterocycles. The van der Waals surface area contributed by atoms with Gasteiger partial charge in [0.25, 0.3) is 10.0 Å². The molecule has 136 valence electrons. The molecule has 0 spiro atoms. The van der Waals surface area contributed by atoms with E-state index in [1.165, 1.54) is 11.4 Å². The van der Waals surface area contributed by atoms with E-state index >= 15 is 0 Å². The van der Waals surface area contributed by atoms with Crippen LogP contribution in [0, 0.1) is 20.8 Å². The van der Waals surface area contributed by atoms with E-state index < -0.39 is 16.0 Å². The molecule has 0 fully saturated rings. The van der Waals surface area contributed by atoms with Gasteiger partial charge in [0.2, 0.25) is 0 Å². The summed E-state index contributed by atoms with van der Waals surface area (Å²) in [6.45, 7) is 7.17. The number of esters is 1. The van der Waals surface area contributed by atoms with Crippen molar-refractivity contribution in [1.29, 1.82) is 0 Å². The fraction of sp³-hybridized carbons (Fsp3) is 0.389. The van der Waals surface area contributed by atoms with E-state index in [0.29, 0.717) is 17.1 Å². The van der Waals surface area contributed by atoms with Gasteiger partial charge in [-0.25, -0.2) is 13.2 Å². The molecule has 25 heavy (non-hydrogen) atoms. The molecule has 0 bridgehead atoms. The Hall–Kier alpha value is -2.28. The maximum atomic E-state index is 13.3. The number of anilines is 1. The maximum Gasteiger partial charge on any atom is 0.341 e. The van der Waals surface area contributed by atoms with Gasteiger partial charge in [-0.05, 0) is 45.4 Å². The minimum Gasteiger partial charge on any atom is -0.462 e. The molecule has 0 saturated carbocycles. The summed E-state index contributed by atoms with van der Waals surface area (Å²) >= 11 is 0. The lowest BCUT2D eigenvalue weighted by Gasteiger charge is -2.20. The molecule has 7 heteroatoms. The van der Waals surface area contributed by atoms with Gasteiger partial charge in [-0.1, -0.05) is 12.1 Å². The van der Waals surface area contributed by atoms with Crippen molar-refractivity contribution in [3.63, 3.8) is 0 Å². The normalized spacial score (nSPS) is 11.4. The van der Waals surface area contributed by atoms with Crippen molar-refractivity contribution >= 4 is 21.7 Å². The van der Waals surface area contributed by atoms with Gasteiger partial charge in [0.15, 0.2) is 0 Å². The van der Waals surface area contributed by atoms with E-state index in [9.17, 15) is 13.2 Å². The van der Waals surface area contributed by atoms with Crippen LogP contribution in [0.4, 0.5) is 5.69 Å². The largest absolute Gasteiger partial charge is 0.462 e. The van der Waals surface area contributed by atoms with Crippen LogP contribution < -0.4 is 4.31 Å². The molecule has 0 saturated heterocycles. The Morgan fingerprint density at radius 3 is 2.40 bits per heavy atom. The lowest BCUT2D eigenvalue weighted by Crippen LogP contribution is -2.28. The first-order valence-corrected chi connectivity index (χ1v) is 9.45. The Balaban J connectivity index is 2.67. The van der Waals surface area contributed by atoms with Gasteiger partial charge in [0, 0.05) is 25.5 Å². The van der Waals surface area contributed by atoms with E-state index in [0.717, 1.165) is 5.56 Å². The number of benzene rings is 1. The van der Waals surface area contributed by atoms with Gasteiger partial charge >= 0.3 is 5.97 Å². The molecule has 1 aromatic heterocycles. The summed E-state index contributed by atoms with van der Waals surface area (Å²) in [7, 11) is -0.701. The number of carbonyl (C=O) groups is 1. The van der Waals surface area contributed by atoms with Gasteiger partial charge < -0.3 is 9.30 Å². The van der Waals surface area contributed by atoms with Crippen LogP contribution in [-0.2, 0) is 21.8 Å². The number of ether oxygens (including phenoxy) is 1. The van der Waals surface area contributed by atoms with E-state index in [-0.39, 0.29) is 17.1 Å².